The molecule has 130 valence electrons. The Morgan fingerprint density at radius 2 is 2.04 bits per heavy atom. The lowest BCUT2D eigenvalue weighted by Crippen LogP contribution is -2.21. The molecule has 0 radical (unpaired) electrons. The standard InChI is InChI=1S/C14H14FN7O3/c1-24-10-7(16)4-3-6(15)9(10)19-14(23)20-11-8-12(18-5-17-11)21-22-13(8)25-2/h3-5H,16H2,1-2H3,(H3,17,18,19,20,21,22,23). The normalized spacial score (nSPS) is 10.5. The van der Waals surface area contributed by atoms with E-state index in [1.165, 1.54) is 26.6 Å². The van der Waals surface area contributed by atoms with E-state index in [-0.39, 0.29) is 28.8 Å². The molecule has 0 bridgehead atoms. The van der Waals surface area contributed by atoms with Crippen LogP contribution in [0.5, 0.6) is 11.6 Å². The lowest BCUT2D eigenvalue weighted by Gasteiger charge is -2.13. The fraction of sp³-hybridized carbons (Fsp3) is 0.143. The number of urea groups is 1. The first kappa shape index (κ1) is 16.2. The number of fused-ring (bicyclic) bond motifs is 1. The highest BCUT2D eigenvalue weighted by Crippen LogP contribution is 2.34. The molecule has 0 saturated heterocycles. The van der Waals surface area contributed by atoms with Crippen LogP contribution in [0.25, 0.3) is 11.0 Å². The van der Waals surface area contributed by atoms with Gasteiger partial charge in [0.1, 0.15) is 17.4 Å². The summed E-state index contributed by atoms with van der Waals surface area (Å²) in [5.74, 6) is -0.339. The highest BCUT2D eigenvalue weighted by atomic mass is 19.1. The van der Waals surface area contributed by atoms with Gasteiger partial charge in [0, 0.05) is 0 Å². The van der Waals surface area contributed by atoms with Crippen molar-refractivity contribution >= 4 is 34.3 Å². The molecule has 0 fully saturated rings. The largest absolute Gasteiger partial charge is 0.492 e. The number of carbonyl (C=O) groups excluding carboxylic acids is 1. The number of amides is 2. The summed E-state index contributed by atoms with van der Waals surface area (Å²) in [7, 11) is 2.73. The van der Waals surface area contributed by atoms with Crippen molar-refractivity contribution in [1.29, 1.82) is 0 Å². The summed E-state index contributed by atoms with van der Waals surface area (Å²) in [6.07, 6.45) is 1.23. The van der Waals surface area contributed by atoms with Crippen LogP contribution in [0.4, 0.5) is 26.4 Å². The van der Waals surface area contributed by atoms with E-state index in [1.807, 2.05) is 0 Å². The summed E-state index contributed by atoms with van der Waals surface area (Å²) in [6, 6.07) is 1.70. The maximum Gasteiger partial charge on any atom is 0.325 e. The molecular formula is C14H14FN7O3. The molecule has 0 unspecified atom stereocenters. The molecule has 1 aromatic carbocycles. The number of rotatable bonds is 4. The smallest absolute Gasteiger partial charge is 0.325 e. The SMILES string of the molecule is COc1c(N)ccc(F)c1NC(=O)Nc1ncnc2[nH]nc(OC)c12. The van der Waals surface area contributed by atoms with Crippen molar-refractivity contribution in [3.8, 4) is 11.6 Å². The van der Waals surface area contributed by atoms with Crippen LogP contribution in [-0.4, -0.2) is 40.4 Å². The zero-order chi connectivity index (χ0) is 18.0. The topological polar surface area (TPSA) is 140 Å². The van der Waals surface area contributed by atoms with E-state index >= 15 is 0 Å². The fourth-order valence-corrected chi connectivity index (χ4v) is 2.24. The number of nitrogen functional groups attached to an aromatic ring is 1. The summed E-state index contributed by atoms with van der Waals surface area (Å²) >= 11 is 0. The second kappa shape index (κ2) is 6.47. The Kier molecular flexibility index (Phi) is 4.20. The second-order valence-electron chi connectivity index (χ2n) is 4.80. The number of nitrogens with one attached hydrogen (secondary N) is 3. The molecule has 2 heterocycles. The van der Waals surface area contributed by atoms with Gasteiger partial charge in [-0.3, -0.25) is 10.4 Å². The zero-order valence-electron chi connectivity index (χ0n) is 13.3. The van der Waals surface area contributed by atoms with Crippen LogP contribution in [0.15, 0.2) is 18.5 Å². The number of nitrogens with zero attached hydrogens (tertiary/aromatic N) is 3. The van der Waals surface area contributed by atoms with Gasteiger partial charge in [0.2, 0.25) is 5.88 Å². The van der Waals surface area contributed by atoms with Gasteiger partial charge in [-0.15, -0.1) is 5.10 Å². The summed E-state index contributed by atoms with van der Waals surface area (Å²) in [4.78, 5) is 20.2. The van der Waals surface area contributed by atoms with Gasteiger partial charge in [-0.05, 0) is 12.1 Å². The monoisotopic (exact) mass is 347 g/mol. The number of hydrogen-bond donors (Lipinski definition) is 4. The van der Waals surface area contributed by atoms with Crippen LogP contribution >= 0.6 is 0 Å². The number of halogens is 1. The lowest BCUT2D eigenvalue weighted by molar-refractivity contribution is 0.262. The van der Waals surface area contributed by atoms with Crippen LogP contribution in [0.3, 0.4) is 0 Å². The van der Waals surface area contributed by atoms with Crippen LogP contribution in [0.1, 0.15) is 0 Å². The molecule has 3 rings (SSSR count). The van der Waals surface area contributed by atoms with Gasteiger partial charge in [0.05, 0.1) is 19.9 Å². The van der Waals surface area contributed by atoms with Crippen molar-refractivity contribution in [2.45, 2.75) is 0 Å². The Balaban J connectivity index is 1.90. The van der Waals surface area contributed by atoms with Crippen LogP contribution in [-0.2, 0) is 0 Å². The lowest BCUT2D eigenvalue weighted by atomic mass is 10.2. The van der Waals surface area contributed by atoms with Crippen molar-refractivity contribution in [2.75, 3.05) is 30.6 Å². The van der Waals surface area contributed by atoms with E-state index in [0.717, 1.165) is 6.07 Å². The Morgan fingerprint density at radius 3 is 2.76 bits per heavy atom. The first-order chi connectivity index (χ1) is 12.0. The van der Waals surface area contributed by atoms with Gasteiger partial charge in [0.25, 0.3) is 0 Å². The number of aromatic nitrogens is 4. The maximum atomic E-state index is 14.0. The molecule has 0 spiro atoms. The van der Waals surface area contributed by atoms with Gasteiger partial charge in [-0.2, -0.15) is 0 Å². The molecule has 0 saturated carbocycles. The summed E-state index contributed by atoms with van der Waals surface area (Å²) in [5, 5.41) is 11.8. The second-order valence-corrected chi connectivity index (χ2v) is 4.80. The predicted molar refractivity (Wildman–Crippen MR) is 88.2 cm³/mol. The minimum atomic E-state index is -0.758. The van der Waals surface area contributed by atoms with Gasteiger partial charge in [-0.25, -0.2) is 19.2 Å². The number of carbonyl (C=O) groups is 1. The van der Waals surface area contributed by atoms with Crippen LogP contribution < -0.4 is 25.8 Å². The first-order valence-corrected chi connectivity index (χ1v) is 6.98. The fourth-order valence-electron chi connectivity index (χ4n) is 2.24. The third-order valence-corrected chi connectivity index (χ3v) is 3.33. The maximum absolute atomic E-state index is 14.0. The van der Waals surface area contributed by atoms with Crippen LogP contribution in [0.2, 0.25) is 0 Å². The summed E-state index contributed by atoms with van der Waals surface area (Å²) in [5.41, 5.74) is 6.08. The molecule has 3 aromatic rings. The number of benzene rings is 1. The van der Waals surface area contributed by atoms with Gasteiger partial charge in [-0.1, -0.05) is 0 Å². The molecule has 0 aliphatic heterocycles. The molecule has 0 atom stereocenters. The van der Waals surface area contributed by atoms with E-state index < -0.39 is 11.8 Å². The van der Waals surface area contributed by atoms with E-state index in [1.54, 1.807) is 0 Å². The third-order valence-electron chi connectivity index (χ3n) is 3.33. The Morgan fingerprint density at radius 1 is 1.24 bits per heavy atom. The Labute approximate surface area is 140 Å². The Bertz CT molecular complexity index is 944. The van der Waals surface area contributed by atoms with Gasteiger partial charge < -0.3 is 20.5 Å². The molecule has 2 aromatic heterocycles. The number of methoxy groups -OCH3 is 2. The predicted octanol–water partition coefficient (Wildman–Crippen LogP) is 1.74. The third kappa shape index (κ3) is 2.94. The van der Waals surface area contributed by atoms with Crippen molar-refractivity contribution in [1.82, 2.24) is 20.2 Å². The van der Waals surface area contributed by atoms with E-state index in [9.17, 15) is 9.18 Å². The molecule has 25 heavy (non-hydrogen) atoms. The molecule has 11 heteroatoms. The van der Waals surface area contributed by atoms with Crippen LogP contribution in [0, 0.1) is 5.82 Å². The number of ether oxygens (including phenoxy) is 2. The molecule has 0 aliphatic carbocycles. The first-order valence-electron chi connectivity index (χ1n) is 6.98. The quantitative estimate of drug-likeness (QED) is 0.527. The highest BCUT2D eigenvalue weighted by molar-refractivity contribution is 6.05. The zero-order valence-corrected chi connectivity index (χ0v) is 13.3. The average molecular weight is 347 g/mol. The van der Waals surface area contributed by atoms with Crippen molar-refractivity contribution in [3.63, 3.8) is 0 Å². The minimum Gasteiger partial charge on any atom is -0.492 e. The van der Waals surface area contributed by atoms with E-state index in [2.05, 4.69) is 30.8 Å². The molecule has 10 nitrogen and oxygen atoms in total. The van der Waals surface area contributed by atoms with E-state index in [4.69, 9.17) is 15.2 Å². The highest BCUT2D eigenvalue weighted by Gasteiger charge is 2.18. The van der Waals surface area contributed by atoms with Gasteiger partial charge >= 0.3 is 6.03 Å². The minimum absolute atomic E-state index is 0.0175. The molecular weight excluding hydrogens is 333 g/mol. The summed E-state index contributed by atoms with van der Waals surface area (Å²) < 4.78 is 24.1. The van der Waals surface area contributed by atoms with Crippen molar-refractivity contribution in [3.05, 3.63) is 24.3 Å². The molecule has 5 N–H and O–H groups in total. The Hall–Kier alpha value is -3.63. The van der Waals surface area contributed by atoms with Gasteiger partial charge in [0.15, 0.2) is 23.0 Å². The van der Waals surface area contributed by atoms with Crippen molar-refractivity contribution in [2.24, 2.45) is 0 Å². The number of anilines is 3. The number of hydrogen-bond acceptors (Lipinski definition) is 7. The van der Waals surface area contributed by atoms with Crippen molar-refractivity contribution < 1.29 is 18.7 Å². The van der Waals surface area contributed by atoms with E-state index in [0.29, 0.717) is 11.0 Å². The molecule has 2 amide bonds. The average Bonchev–Trinajstić information content (AvgIpc) is 3.02. The summed E-state index contributed by atoms with van der Waals surface area (Å²) in [6.45, 7) is 0. The number of nitrogens with two attached hydrogens (primary N) is 1. The number of H-pyrrole nitrogens is 1. The molecule has 0 aliphatic rings. The number of aromatic amines is 1.